The van der Waals surface area contributed by atoms with E-state index in [9.17, 15) is 9.59 Å². The molecule has 0 aliphatic heterocycles. The Hall–Kier alpha value is -0.660. The minimum absolute atomic E-state index is 0.172. The van der Waals surface area contributed by atoms with E-state index in [1.807, 2.05) is 0 Å². The van der Waals surface area contributed by atoms with Crippen molar-refractivity contribution in [2.24, 2.45) is 34.5 Å². The lowest BCUT2D eigenvalue weighted by molar-refractivity contribution is -0.156. The minimum Gasteiger partial charge on any atom is -0.299 e. The topological polar surface area (TPSA) is 34.1 Å². The predicted molar refractivity (Wildman–Crippen MR) is 81.7 cm³/mol. The van der Waals surface area contributed by atoms with Crippen LogP contribution < -0.4 is 0 Å². The van der Waals surface area contributed by atoms with E-state index in [1.54, 1.807) is 0 Å². The zero-order chi connectivity index (χ0) is 14.8. The fourth-order valence-electron chi connectivity index (χ4n) is 6.74. The summed E-state index contributed by atoms with van der Waals surface area (Å²) in [4.78, 5) is 25.3. The molecule has 0 amide bonds. The lowest BCUT2D eigenvalue weighted by atomic mass is 9.45. The van der Waals surface area contributed by atoms with Gasteiger partial charge in [0.25, 0.3) is 0 Å². The molecule has 4 saturated carbocycles. The first-order chi connectivity index (χ1) is 9.97. The summed E-state index contributed by atoms with van der Waals surface area (Å²) >= 11 is 0. The van der Waals surface area contributed by atoms with Gasteiger partial charge in [-0.15, -0.1) is 0 Å². The Morgan fingerprint density at radius 1 is 0.952 bits per heavy atom. The van der Waals surface area contributed by atoms with Gasteiger partial charge in [-0.1, -0.05) is 26.7 Å². The molecule has 4 rings (SSSR count). The normalized spacial score (nSPS) is 53.0. The summed E-state index contributed by atoms with van der Waals surface area (Å²) in [7, 11) is 0. The third-order valence-corrected chi connectivity index (χ3v) is 8.10. The molecule has 4 aliphatic rings. The maximum absolute atomic E-state index is 12.9. The molecule has 21 heavy (non-hydrogen) atoms. The number of carbonyl (C=O) groups is 2. The lowest BCUT2D eigenvalue weighted by Crippen LogP contribution is -2.56. The molecule has 0 spiro atoms. The third kappa shape index (κ3) is 1.71. The second kappa shape index (κ2) is 4.43. The van der Waals surface area contributed by atoms with Crippen LogP contribution in [0.3, 0.4) is 0 Å². The molecule has 6 atom stereocenters. The minimum atomic E-state index is -0.172. The van der Waals surface area contributed by atoms with Gasteiger partial charge in [-0.05, 0) is 55.3 Å². The Balaban J connectivity index is 1.72. The summed E-state index contributed by atoms with van der Waals surface area (Å²) in [5.74, 6) is 2.70. The van der Waals surface area contributed by atoms with Gasteiger partial charge in [-0.3, -0.25) is 9.59 Å². The molecule has 4 fully saturated rings. The molecule has 2 nitrogen and oxygen atoms in total. The largest absolute Gasteiger partial charge is 0.299 e. The molecule has 0 saturated heterocycles. The SMILES string of the molecule is C[C@@]12CCCC[C@@H]1CC(=O)[C@H]1[C@H]2CC[C@]2(C)C(=O)CC[C@@H]12. The van der Waals surface area contributed by atoms with Crippen molar-refractivity contribution in [2.75, 3.05) is 0 Å². The van der Waals surface area contributed by atoms with Gasteiger partial charge in [0.2, 0.25) is 0 Å². The number of fused-ring (bicyclic) bond motifs is 5. The quantitative estimate of drug-likeness (QED) is 0.670. The molecule has 0 bridgehead atoms. The Kier molecular flexibility index (Phi) is 2.94. The van der Waals surface area contributed by atoms with Crippen LogP contribution in [0.1, 0.15) is 71.6 Å². The molecule has 0 radical (unpaired) electrons. The number of hydrogen-bond donors (Lipinski definition) is 0. The summed E-state index contributed by atoms with van der Waals surface area (Å²) in [6.45, 7) is 4.63. The molecular weight excluding hydrogens is 260 g/mol. The van der Waals surface area contributed by atoms with Crippen molar-refractivity contribution in [1.82, 2.24) is 0 Å². The van der Waals surface area contributed by atoms with Crippen LogP contribution in [0.25, 0.3) is 0 Å². The summed E-state index contributed by atoms with van der Waals surface area (Å²) in [5.41, 5.74) is 0.207. The van der Waals surface area contributed by atoms with E-state index in [2.05, 4.69) is 13.8 Å². The first-order valence-corrected chi connectivity index (χ1v) is 9.03. The zero-order valence-electron chi connectivity index (χ0n) is 13.5. The molecule has 2 heteroatoms. The van der Waals surface area contributed by atoms with Crippen molar-refractivity contribution in [3.63, 3.8) is 0 Å². The highest BCUT2D eigenvalue weighted by Crippen LogP contribution is 2.64. The van der Waals surface area contributed by atoms with E-state index >= 15 is 0 Å². The fraction of sp³-hybridized carbons (Fsp3) is 0.895. The number of ketones is 2. The van der Waals surface area contributed by atoms with E-state index in [0.29, 0.717) is 34.7 Å². The highest BCUT2D eigenvalue weighted by Gasteiger charge is 2.62. The van der Waals surface area contributed by atoms with Crippen molar-refractivity contribution < 1.29 is 9.59 Å². The van der Waals surface area contributed by atoms with Crippen LogP contribution in [0.4, 0.5) is 0 Å². The van der Waals surface area contributed by atoms with E-state index in [0.717, 1.165) is 32.1 Å². The van der Waals surface area contributed by atoms with Crippen LogP contribution in [-0.2, 0) is 9.59 Å². The average Bonchev–Trinajstić information content (AvgIpc) is 2.76. The van der Waals surface area contributed by atoms with Gasteiger partial charge >= 0.3 is 0 Å². The summed E-state index contributed by atoms with van der Waals surface area (Å²) in [5, 5.41) is 0. The molecule has 4 aliphatic carbocycles. The maximum Gasteiger partial charge on any atom is 0.139 e. The lowest BCUT2D eigenvalue weighted by Gasteiger charge is -2.58. The smallest absolute Gasteiger partial charge is 0.139 e. The molecule has 0 aromatic rings. The molecule has 0 N–H and O–H groups in total. The van der Waals surface area contributed by atoms with Crippen LogP contribution in [0.2, 0.25) is 0 Å². The third-order valence-electron chi connectivity index (χ3n) is 8.10. The van der Waals surface area contributed by atoms with Gasteiger partial charge in [0.05, 0.1) is 0 Å². The van der Waals surface area contributed by atoms with Gasteiger partial charge in [0.1, 0.15) is 11.6 Å². The molecule has 116 valence electrons. The zero-order valence-corrected chi connectivity index (χ0v) is 13.5. The van der Waals surface area contributed by atoms with Crippen molar-refractivity contribution in [1.29, 1.82) is 0 Å². The van der Waals surface area contributed by atoms with Gasteiger partial charge in [-0.25, -0.2) is 0 Å². The molecule has 0 aromatic heterocycles. The first kappa shape index (κ1) is 14.0. The van der Waals surface area contributed by atoms with E-state index in [4.69, 9.17) is 0 Å². The van der Waals surface area contributed by atoms with E-state index in [-0.39, 0.29) is 11.3 Å². The molecular formula is C19H28O2. The molecule has 0 aromatic carbocycles. The summed E-state index contributed by atoms with van der Waals surface area (Å²) in [6, 6.07) is 0. The Morgan fingerprint density at radius 3 is 2.57 bits per heavy atom. The van der Waals surface area contributed by atoms with Crippen LogP contribution in [0.5, 0.6) is 0 Å². The van der Waals surface area contributed by atoms with Crippen molar-refractivity contribution in [3.8, 4) is 0 Å². The Labute approximate surface area is 128 Å². The second-order valence-electron chi connectivity index (χ2n) is 8.78. The van der Waals surface area contributed by atoms with Crippen LogP contribution in [-0.4, -0.2) is 11.6 Å². The van der Waals surface area contributed by atoms with Gasteiger partial charge in [-0.2, -0.15) is 0 Å². The number of hydrogen-bond acceptors (Lipinski definition) is 2. The Morgan fingerprint density at radius 2 is 1.76 bits per heavy atom. The summed E-state index contributed by atoms with van der Waals surface area (Å²) < 4.78 is 0. The monoisotopic (exact) mass is 288 g/mol. The maximum atomic E-state index is 12.9. The standard InChI is InChI=1S/C19H28O2/c1-18-9-4-3-5-12(18)11-15(20)17-13-6-7-16(21)19(13,2)10-8-14(17)18/h12-14,17H,3-11H2,1-2H3/t12-,13+,14-,17-,18-,19+/m1/s1. The van der Waals surface area contributed by atoms with Gasteiger partial charge in [0, 0.05) is 24.2 Å². The van der Waals surface area contributed by atoms with Crippen LogP contribution in [0.15, 0.2) is 0 Å². The molecule has 0 unspecified atom stereocenters. The second-order valence-corrected chi connectivity index (χ2v) is 8.78. The number of rotatable bonds is 0. The van der Waals surface area contributed by atoms with Crippen molar-refractivity contribution in [2.45, 2.75) is 71.6 Å². The average molecular weight is 288 g/mol. The first-order valence-electron chi connectivity index (χ1n) is 9.03. The Bertz CT molecular complexity index is 496. The highest BCUT2D eigenvalue weighted by atomic mass is 16.1. The van der Waals surface area contributed by atoms with Crippen molar-refractivity contribution >= 4 is 11.6 Å². The fourth-order valence-corrected chi connectivity index (χ4v) is 6.74. The van der Waals surface area contributed by atoms with E-state index in [1.165, 1.54) is 25.7 Å². The number of carbonyl (C=O) groups excluding carboxylic acids is 2. The van der Waals surface area contributed by atoms with E-state index < -0.39 is 0 Å². The van der Waals surface area contributed by atoms with Crippen LogP contribution >= 0.6 is 0 Å². The van der Waals surface area contributed by atoms with Crippen LogP contribution in [0, 0.1) is 34.5 Å². The molecule has 0 heterocycles. The summed E-state index contributed by atoms with van der Waals surface area (Å²) in [6.07, 6.45) is 9.86. The van der Waals surface area contributed by atoms with Gasteiger partial charge in [0.15, 0.2) is 0 Å². The highest BCUT2D eigenvalue weighted by molar-refractivity contribution is 5.90. The van der Waals surface area contributed by atoms with Gasteiger partial charge < -0.3 is 0 Å². The number of Topliss-reactive ketones (excluding diaryl/α,β-unsaturated/α-hetero) is 2. The van der Waals surface area contributed by atoms with Crippen molar-refractivity contribution in [3.05, 3.63) is 0 Å². The predicted octanol–water partition coefficient (Wildman–Crippen LogP) is 4.17.